The Bertz CT molecular complexity index is 226. The molecule has 12 heavy (non-hydrogen) atoms. The van der Waals surface area contributed by atoms with Crippen molar-refractivity contribution in [3.8, 4) is 0 Å². The molecule has 0 saturated carbocycles. The summed E-state index contributed by atoms with van der Waals surface area (Å²) < 4.78 is 0. The van der Waals surface area contributed by atoms with Gasteiger partial charge in [0.2, 0.25) is 0 Å². The number of carbonyl (C=O) groups is 1. The first-order valence-corrected chi connectivity index (χ1v) is 4.43. The highest BCUT2D eigenvalue weighted by Crippen LogP contribution is 2.27. The lowest BCUT2D eigenvalue weighted by atomic mass is 10.00. The number of allylic oxidation sites excluding steroid dienone is 1. The van der Waals surface area contributed by atoms with Crippen molar-refractivity contribution in [2.75, 3.05) is 0 Å². The molecule has 0 spiro atoms. The van der Waals surface area contributed by atoms with Crippen LogP contribution in [0.2, 0.25) is 0 Å². The maximum absolute atomic E-state index is 11.3. The molecule has 1 unspecified atom stereocenters. The van der Waals surface area contributed by atoms with Gasteiger partial charge < -0.3 is 5.11 Å². The van der Waals surface area contributed by atoms with Crippen molar-refractivity contribution >= 4 is 5.78 Å². The maximum atomic E-state index is 11.3. The van der Waals surface area contributed by atoms with Crippen molar-refractivity contribution < 1.29 is 9.90 Å². The van der Waals surface area contributed by atoms with Gasteiger partial charge in [-0.3, -0.25) is 4.79 Å². The van der Waals surface area contributed by atoms with Crippen molar-refractivity contribution in [2.45, 2.75) is 39.7 Å². The molecule has 1 aliphatic carbocycles. The van der Waals surface area contributed by atoms with Gasteiger partial charge >= 0.3 is 0 Å². The fraction of sp³-hybridized carbons (Fsp3) is 0.700. The SMILES string of the molecule is CC1=C(CC(C)C)C(=O)CC1O. The van der Waals surface area contributed by atoms with Gasteiger partial charge in [-0.05, 0) is 30.4 Å². The highest BCUT2D eigenvalue weighted by molar-refractivity contribution is 5.99. The zero-order chi connectivity index (χ0) is 9.30. The van der Waals surface area contributed by atoms with E-state index in [4.69, 9.17) is 0 Å². The Morgan fingerprint density at radius 1 is 1.58 bits per heavy atom. The molecule has 0 radical (unpaired) electrons. The van der Waals surface area contributed by atoms with Crippen molar-refractivity contribution in [3.63, 3.8) is 0 Å². The highest BCUT2D eigenvalue weighted by Gasteiger charge is 2.27. The van der Waals surface area contributed by atoms with Gasteiger partial charge in [0.25, 0.3) is 0 Å². The lowest BCUT2D eigenvalue weighted by Crippen LogP contribution is -2.03. The predicted octanol–water partition coefficient (Wildman–Crippen LogP) is 1.68. The topological polar surface area (TPSA) is 37.3 Å². The lowest BCUT2D eigenvalue weighted by Gasteiger charge is -2.05. The summed E-state index contributed by atoms with van der Waals surface area (Å²) >= 11 is 0. The van der Waals surface area contributed by atoms with Crippen molar-refractivity contribution in [1.29, 1.82) is 0 Å². The predicted molar refractivity (Wildman–Crippen MR) is 47.8 cm³/mol. The number of ketones is 1. The lowest BCUT2D eigenvalue weighted by molar-refractivity contribution is -0.116. The van der Waals surface area contributed by atoms with E-state index < -0.39 is 6.10 Å². The average Bonchev–Trinajstić information content (AvgIpc) is 2.16. The van der Waals surface area contributed by atoms with Gasteiger partial charge in [0, 0.05) is 6.42 Å². The first-order chi connectivity index (χ1) is 5.52. The molecule has 0 aromatic rings. The molecule has 1 N–H and O–H groups in total. The summed E-state index contributed by atoms with van der Waals surface area (Å²) in [6.07, 6.45) is 0.599. The molecule has 0 saturated heterocycles. The summed E-state index contributed by atoms with van der Waals surface area (Å²) in [7, 11) is 0. The van der Waals surface area contributed by atoms with Gasteiger partial charge in [0.15, 0.2) is 5.78 Å². The normalized spacial score (nSPS) is 24.4. The van der Waals surface area contributed by atoms with Gasteiger partial charge in [0.05, 0.1) is 6.10 Å². The second-order valence-electron chi connectivity index (χ2n) is 3.90. The van der Waals surface area contributed by atoms with Crippen molar-refractivity contribution in [3.05, 3.63) is 11.1 Å². The van der Waals surface area contributed by atoms with E-state index in [2.05, 4.69) is 13.8 Å². The molecule has 0 aromatic carbocycles. The Morgan fingerprint density at radius 2 is 2.17 bits per heavy atom. The molecule has 2 heteroatoms. The van der Waals surface area contributed by atoms with E-state index in [1.807, 2.05) is 6.92 Å². The summed E-state index contributed by atoms with van der Waals surface area (Å²) in [4.78, 5) is 11.3. The summed E-state index contributed by atoms with van der Waals surface area (Å²) in [5.41, 5.74) is 1.74. The molecular formula is C10H16O2. The van der Waals surface area contributed by atoms with E-state index in [1.54, 1.807) is 0 Å². The zero-order valence-electron chi connectivity index (χ0n) is 7.92. The molecule has 0 bridgehead atoms. The van der Waals surface area contributed by atoms with Crippen LogP contribution in [0.1, 0.15) is 33.6 Å². The minimum absolute atomic E-state index is 0.133. The Hall–Kier alpha value is -0.630. The second kappa shape index (κ2) is 3.40. The van der Waals surface area contributed by atoms with E-state index >= 15 is 0 Å². The fourth-order valence-corrected chi connectivity index (χ4v) is 1.56. The van der Waals surface area contributed by atoms with Crippen LogP contribution in [0.25, 0.3) is 0 Å². The van der Waals surface area contributed by atoms with Gasteiger partial charge in [-0.15, -0.1) is 0 Å². The number of Topliss-reactive ketones (excluding diaryl/α,β-unsaturated/α-hetero) is 1. The molecule has 0 heterocycles. The third-order valence-corrected chi connectivity index (χ3v) is 2.30. The van der Waals surface area contributed by atoms with Gasteiger partial charge in [-0.2, -0.15) is 0 Å². The summed E-state index contributed by atoms with van der Waals surface area (Å²) in [5.74, 6) is 0.623. The Labute approximate surface area is 73.3 Å². The minimum Gasteiger partial charge on any atom is -0.388 e. The van der Waals surface area contributed by atoms with Gasteiger partial charge in [0.1, 0.15) is 0 Å². The molecule has 1 rings (SSSR count). The molecule has 0 aliphatic heterocycles. The van der Waals surface area contributed by atoms with Crippen LogP contribution in [0, 0.1) is 5.92 Å². The van der Waals surface area contributed by atoms with E-state index in [0.29, 0.717) is 12.3 Å². The molecule has 68 valence electrons. The first-order valence-electron chi connectivity index (χ1n) is 4.43. The van der Waals surface area contributed by atoms with E-state index in [1.165, 1.54) is 0 Å². The second-order valence-corrected chi connectivity index (χ2v) is 3.90. The maximum Gasteiger partial charge on any atom is 0.161 e. The standard InChI is InChI=1S/C10H16O2/c1-6(2)4-8-7(3)9(11)5-10(8)12/h6,9,11H,4-5H2,1-3H3. The van der Waals surface area contributed by atoms with Gasteiger partial charge in [-0.25, -0.2) is 0 Å². The molecule has 1 atom stereocenters. The first kappa shape index (κ1) is 9.46. The van der Waals surface area contributed by atoms with Crippen LogP contribution in [0.15, 0.2) is 11.1 Å². The van der Waals surface area contributed by atoms with Crippen LogP contribution >= 0.6 is 0 Å². The van der Waals surface area contributed by atoms with E-state index in [0.717, 1.165) is 17.6 Å². The zero-order valence-corrected chi connectivity index (χ0v) is 7.92. The molecule has 2 nitrogen and oxygen atoms in total. The highest BCUT2D eigenvalue weighted by atomic mass is 16.3. The summed E-state index contributed by atoms with van der Waals surface area (Å²) in [6, 6.07) is 0. The fourth-order valence-electron chi connectivity index (χ4n) is 1.56. The average molecular weight is 168 g/mol. The van der Waals surface area contributed by atoms with E-state index in [-0.39, 0.29) is 5.78 Å². The van der Waals surface area contributed by atoms with Crippen LogP contribution < -0.4 is 0 Å². The number of hydrogen-bond acceptors (Lipinski definition) is 2. The Balaban J connectivity index is 2.78. The third-order valence-electron chi connectivity index (χ3n) is 2.30. The Morgan fingerprint density at radius 3 is 2.50 bits per heavy atom. The Kier molecular flexibility index (Phi) is 2.68. The van der Waals surface area contributed by atoms with Crippen LogP contribution in [0.3, 0.4) is 0 Å². The van der Waals surface area contributed by atoms with Crippen molar-refractivity contribution in [2.24, 2.45) is 5.92 Å². The number of aliphatic hydroxyl groups excluding tert-OH is 1. The molecule has 0 aromatic heterocycles. The minimum atomic E-state index is -0.508. The van der Waals surface area contributed by atoms with Crippen LogP contribution in [0.5, 0.6) is 0 Å². The van der Waals surface area contributed by atoms with Gasteiger partial charge in [-0.1, -0.05) is 13.8 Å². The molecular weight excluding hydrogens is 152 g/mol. The monoisotopic (exact) mass is 168 g/mol. The molecule has 1 aliphatic rings. The quantitative estimate of drug-likeness (QED) is 0.681. The number of hydrogen-bond donors (Lipinski definition) is 1. The summed E-state index contributed by atoms with van der Waals surface area (Å²) in [5, 5.41) is 9.37. The largest absolute Gasteiger partial charge is 0.388 e. The number of aliphatic hydroxyl groups is 1. The van der Waals surface area contributed by atoms with Crippen molar-refractivity contribution in [1.82, 2.24) is 0 Å². The molecule has 0 fully saturated rings. The number of rotatable bonds is 2. The van der Waals surface area contributed by atoms with E-state index in [9.17, 15) is 9.90 Å². The summed E-state index contributed by atoms with van der Waals surface area (Å²) in [6.45, 7) is 6.02. The van der Waals surface area contributed by atoms with Crippen LogP contribution in [0.4, 0.5) is 0 Å². The molecule has 0 amide bonds. The van der Waals surface area contributed by atoms with Crippen LogP contribution in [-0.4, -0.2) is 17.0 Å². The number of carbonyl (C=O) groups excluding carboxylic acids is 1. The smallest absolute Gasteiger partial charge is 0.161 e. The third kappa shape index (κ3) is 1.75. The van der Waals surface area contributed by atoms with Crippen LogP contribution in [-0.2, 0) is 4.79 Å².